The van der Waals surface area contributed by atoms with Crippen molar-refractivity contribution in [2.24, 2.45) is 0 Å². The van der Waals surface area contributed by atoms with E-state index in [2.05, 4.69) is 0 Å². The van der Waals surface area contributed by atoms with Gasteiger partial charge in [0.15, 0.2) is 0 Å². The molecule has 0 unspecified atom stereocenters. The van der Waals surface area contributed by atoms with E-state index in [1.807, 2.05) is 23.1 Å². The number of amides is 3. The van der Waals surface area contributed by atoms with Crippen LogP contribution in [0.2, 0.25) is 0 Å². The Morgan fingerprint density at radius 1 is 0.893 bits per heavy atom. The molecule has 2 aliphatic rings. The Bertz CT molecular complexity index is 893. The molecule has 2 fully saturated rings. The third-order valence-electron chi connectivity index (χ3n) is 5.27. The summed E-state index contributed by atoms with van der Waals surface area (Å²) in [7, 11) is 0. The van der Waals surface area contributed by atoms with Crippen LogP contribution in [0.1, 0.15) is 16.8 Å². The average Bonchev–Trinajstić information content (AvgIpc) is 3.03. The smallest absolute Gasteiger partial charge is 0.253 e. The predicted molar refractivity (Wildman–Crippen MR) is 101 cm³/mol. The van der Waals surface area contributed by atoms with Crippen molar-refractivity contribution in [2.75, 3.05) is 31.1 Å². The van der Waals surface area contributed by atoms with E-state index < -0.39 is 11.9 Å². The van der Waals surface area contributed by atoms with Gasteiger partial charge in [-0.2, -0.15) is 0 Å². The largest absolute Gasteiger partial charge is 0.336 e. The van der Waals surface area contributed by atoms with E-state index in [1.165, 1.54) is 24.3 Å². The molecule has 28 heavy (non-hydrogen) atoms. The molecule has 2 heterocycles. The second kappa shape index (κ2) is 7.52. The van der Waals surface area contributed by atoms with Crippen molar-refractivity contribution < 1.29 is 18.8 Å². The monoisotopic (exact) mass is 381 g/mol. The Morgan fingerprint density at radius 2 is 1.54 bits per heavy atom. The summed E-state index contributed by atoms with van der Waals surface area (Å²) in [6.07, 6.45) is 0.100. The standard InChI is InChI=1S/C21H20FN3O3/c22-16-6-8-17(9-7-16)25-19(26)14-18(21(25)28)23-10-12-24(13-11-23)20(27)15-4-2-1-3-5-15/h1-9,18H,10-14H2/t18-/m1/s1. The fourth-order valence-electron chi connectivity index (χ4n) is 3.76. The Labute approximate surface area is 162 Å². The summed E-state index contributed by atoms with van der Waals surface area (Å²) in [5.74, 6) is -1.02. The highest BCUT2D eigenvalue weighted by atomic mass is 19.1. The normalized spacial score (nSPS) is 20.7. The van der Waals surface area contributed by atoms with Gasteiger partial charge in [-0.1, -0.05) is 18.2 Å². The van der Waals surface area contributed by atoms with Gasteiger partial charge in [0.2, 0.25) is 5.91 Å². The molecular formula is C21H20FN3O3. The van der Waals surface area contributed by atoms with Crippen LogP contribution in [-0.4, -0.2) is 59.7 Å². The van der Waals surface area contributed by atoms with Crippen molar-refractivity contribution in [1.29, 1.82) is 0 Å². The number of carbonyl (C=O) groups is 3. The van der Waals surface area contributed by atoms with Gasteiger partial charge < -0.3 is 4.90 Å². The number of hydrogen-bond acceptors (Lipinski definition) is 4. The summed E-state index contributed by atoms with van der Waals surface area (Å²) in [4.78, 5) is 42.6. The maximum atomic E-state index is 13.1. The Morgan fingerprint density at radius 3 is 2.18 bits per heavy atom. The SMILES string of the molecule is O=C(c1ccccc1)N1CCN([C@@H]2CC(=O)N(c3ccc(F)cc3)C2=O)CC1. The van der Waals surface area contributed by atoms with Gasteiger partial charge in [0.25, 0.3) is 11.8 Å². The zero-order valence-electron chi connectivity index (χ0n) is 15.3. The Hall–Kier alpha value is -3.06. The minimum absolute atomic E-state index is 0.0259. The molecule has 7 heteroatoms. The molecule has 2 saturated heterocycles. The van der Waals surface area contributed by atoms with Gasteiger partial charge in [0.1, 0.15) is 5.82 Å². The van der Waals surface area contributed by atoms with Crippen LogP contribution < -0.4 is 4.90 Å². The molecule has 0 N–H and O–H groups in total. The van der Waals surface area contributed by atoms with Gasteiger partial charge in [0, 0.05) is 31.7 Å². The summed E-state index contributed by atoms with van der Waals surface area (Å²) in [5.41, 5.74) is 1.03. The molecule has 3 amide bonds. The van der Waals surface area contributed by atoms with Gasteiger partial charge >= 0.3 is 0 Å². The van der Waals surface area contributed by atoms with Gasteiger partial charge in [-0.15, -0.1) is 0 Å². The number of carbonyl (C=O) groups excluding carboxylic acids is 3. The molecule has 1 atom stereocenters. The second-order valence-corrected chi connectivity index (χ2v) is 6.96. The first-order chi connectivity index (χ1) is 13.5. The van der Waals surface area contributed by atoms with Crippen molar-refractivity contribution in [3.8, 4) is 0 Å². The summed E-state index contributed by atoms with van der Waals surface area (Å²) in [5, 5.41) is 0. The van der Waals surface area contributed by atoms with Gasteiger partial charge in [-0.05, 0) is 36.4 Å². The molecule has 2 aromatic rings. The minimum atomic E-state index is -0.536. The number of piperazine rings is 1. The molecule has 6 nitrogen and oxygen atoms in total. The van der Waals surface area contributed by atoms with E-state index in [9.17, 15) is 18.8 Å². The molecule has 0 aliphatic carbocycles. The lowest BCUT2D eigenvalue weighted by molar-refractivity contribution is -0.123. The highest BCUT2D eigenvalue weighted by molar-refractivity contribution is 6.22. The van der Waals surface area contributed by atoms with Gasteiger partial charge in [-0.25, -0.2) is 9.29 Å². The molecule has 0 radical (unpaired) electrons. The van der Waals surface area contributed by atoms with Crippen molar-refractivity contribution in [2.45, 2.75) is 12.5 Å². The summed E-state index contributed by atoms with van der Waals surface area (Å²) in [6, 6.07) is 13.9. The van der Waals surface area contributed by atoms with Gasteiger partial charge in [0.05, 0.1) is 18.2 Å². The van der Waals surface area contributed by atoms with Crippen LogP contribution in [0.3, 0.4) is 0 Å². The van der Waals surface area contributed by atoms with Crippen molar-refractivity contribution in [3.05, 3.63) is 66.0 Å². The number of benzene rings is 2. The van der Waals surface area contributed by atoms with Crippen LogP contribution in [0.4, 0.5) is 10.1 Å². The molecule has 4 rings (SSSR count). The molecule has 2 aliphatic heterocycles. The van der Waals surface area contributed by atoms with Crippen LogP contribution >= 0.6 is 0 Å². The maximum absolute atomic E-state index is 13.1. The number of halogens is 1. The molecule has 0 aromatic heterocycles. The zero-order valence-corrected chi connectivity index (χ0v) is 15.3. The quantitative estimate of drug-likeness (QED) is 0.762. The predicted octanol–water partition coefficient (Wildman–Crippen LogP) is 1.92. The lowest BCUT2D eigenvalue weighted by Crippen LogP contribution is -2.53. The highest BCUT2D eigenvalue weighted by Gasteiger charge is 2.43. The van der Waals surface area contributed by atoms with E-state index in [0.29, 0.717) is 37.4 Å². The summed E-state index contributed by atoms with van der Waals surface area (Å²) < 4.78 is 13.1. The fraction of sp³-hybridized carbons (Fsp3) is 0.286. The number of anilines is 1. The van der Waals surface area contributed by atoms with Gasteiger partial charge in [-0.3, -0.25) is 19.3 Å². The Kier molecular flexibility index (Phi) is 4.92. The average molecular weight is 381 g/mol. The van der Waals surface area contributed by atoms with Crippen LogP contribution in [-0.2, 0) is 9.59 Å². The lowest BCUT2D eigenvalue weighted by atomic mass is 10.1. The topological polar surface area (TPSA) is 60.9 Å². The third kappa shape index (κ3) is 3.41. The number of nitrogens with zero attached hydrogens (tertiary/aromatic N) is 3. The van der Waals surface area contributed by atoms with E-state index in [1.54, 1.807) is 17.0 Å². The van der Waals surface area contributed by atoms with Crippen molar-refractivity contribution in [3.63, 3.8) is 0 Å². The summed E-state index contributed by atoms with van der Waals surface area (Å²) >= 11 is 0. The lowest BCUT2D eigenvalue weighted by Gasteiger charge is -2.37. The van der Waals surface area contributed by atoms with Crippen LogP contribution in [0, 0.1) is 5.82 Å². The maximum Gasteiger partial charge on any atom is 0.253 e. The molecule has 0 saturated carbocycles. The summed E-state index contributed by atoms with van der Waals surface area (Å²) in [6.45, 7) is 2.06. The third-order valence-corrected chi connectivity index (χ3v) is 5.27. The van der Waals surface area contributed by atoms with Crippen LogP contribution in [0.15, 0.2) is 54.6 Å². The number of imide groups is 1. The molecular weight excluding hydrogens is 361 g/mol. The highest BCUT2D eigenvalue weighted by Crippen LogP contribution is 2.26. The first kappa shape index (κ1) is 18.3. The van der Waals surface area contributed by atoms with Crippen LogP contribution in [0.25, 0.3) is 0 Å². The molecule has 0 bridgehead atoms. The van der Waals surface area contributed by atoms with Crippen LogP contribution in [0.5, 0.6) is 0 Å². The fourth-order valence-corrected chi connectivity index (χ4v) is 3.76. The molecule has 144 valence electrons. The van der Waals surface area contributed by atoms with E-state index >= 15 is 0 Å². The van der Waals surface area contributed by atoms with E-state index in [0.717, 1.165) is 4.90 Å². The molecule has 2 aromatic carbocycles. The van der Waals surface area contributed by atoms with Crippen molar-refractivity contribution >= 4 is 23.4 Å². The zero-order chi connectivity index (χ0) is 19.7. The number of rotatable bonds is 3. The van der Waals surface area contributed by atoms with E-state index in [4.69, 9.17) is 0 Å². The van der Waals surface area contributed by atoms with E-state index in [-0.39, 0.29) is 24.1 Å². The first-order valence-corrected chi connectivity index (χ1v) is 9.25. The number of hydrogen-bond donors (Lipinski definition) is 0. The first-order valence-electron chi connectivity index (χ1n) is 9.25. The minimum Gasteiger partial charge on any atom is -0.336 e. The Balaban J connectivity index is 1.41. The second-order valence-electron chi connectivity index (χ2n) is 6.96. The molecule has 0 spiro atoms. The van der Waals surface area contributed by atoms with Crippen molar-refractivity contribution in [1.82, 2.24) is 9.80 Å².